The molecule has 106 valence electrons. The summed E-state index contributed by atoms with van der Waals surface area (Å²) in [5.41, 5.74) is 2.57. The van der Waals surface area contributed by atoms with Crippen molar-refractivity contribution in [2.45, 2.75) is 13.3 Å². The topological polar surface area (TPSA) is 34.1 Å². The average molecular weight is 270 g/mol. The normalized spacial score (nSPS) is 12.0. The Bertz CT molecular complexity index is 573. The molecule has 0 bridgehead atoms. The van der Waals surface area contributed by atoms with E-state index in [-0.39, 0.29) is 0 Å². The van der Waals surface area contributed by atoms with Crippen LogP contribution in [-0.4, -0.2) is 31.8 Å². The van der Waals surface area contributed by atoms with Gasteiger partial charge >= 0.3 is 0 Å². The zero-order valence-corrected chi connectivity index (χ0v) is 12.2. The Hall–Kier alpha value is -1.71. The predicted molar refractivity (Wildman–Crippen MR) is 84.8 cm³/mol. The quantitative estimate of drug-likeness (QED) is 0.784. The molecule has 0 amide bonds. The standard InChI is InChI=1S/C17H22N2O/c1-14(5-4-9-18-11-12-20-2)16-7-3-6-15-8-10-19-13-17(15)16/h3,5-8,10,13,18H,4,9,11-12H2,1-2H3/b14-5-. The first-order valence-corrected chi connectivity index (χ1v) is 7.02. The van der Waals surface area contributed by atoms with Gasteiger partial charge in [0.2, 0.25) is 0 Å². The van der Waals surface area contributed by atoms with Crippen LogP contribution in [0, 0.1) is 0 Å². The molecule has 0 unspecified atom stereocenters. The molecule has 20 heavy (non-hydrogen) atoms. The van der Waals surface area contributed by atoms with Crippen LogP contribution in [0.25, 0.3) is 16.3 Å². The third-order valence-electron chi connectivity index (χ3n) is 3.36. The van der Waals surface area contributed by atoms with Crippen molar-refractivity contribution in [1.29, 1.82) is 0 Å². The minimum Gasteiger partial charge on any atom is -0.383 e. The SMILES string of the molecule is COCCNCC/C=C(/C)c1cccc2ccncc12. The summed E-state index contributed by atoms with van der Waals surface area (Å²) in [5.74, 6) is 0. The molecule has 0 saturated heterocycles. The van der Waals surface area contributed by atoms with Crippen molar-refractivity contribution in [2.75, 3.05) is 26.8 Å². The van der Waals surface area contributed by atoms with E-state index in [1.165, 1.54) is 21.9 Å². The van der Waals surface area contributed by atoms with Crippen LogP contribution in [0.15, 0.2) is 42.7 Å². The van der Waals surface area contributed by atoms with E-state index >= 15 is 0 Å². The fraction of sp³-hybridized carbons (Fsp3) is 0.353. The second-order valence-corrected chi connectivity index (χ2v) is 4.82. The third kappa shape index (κ3) is 3.89. The number of rotatable bonds is 7. The molecule has 3 heteroatoms. The summed E-state index contributed by atoms with van der Waals surface area (Å²) >= 11 is 0. The fourth-order valence-electron chi connectivity index (χ4n) is 2.26. The van der Waals surface area contributed by atoms with E-state index in [1.807, 2.05) is 12.4 Å². The number of benzene rings is 1. The Balaban J connectivity index is 2.02. The monoisotopic (exact) mass is 270 g/mol. The van der Waals surface area contributed by atoms with Crippen LogP contribution in [-0.2, 0) is 4.74 Å². The van der Waals surface area contributed by atoms with E-state index in [1.54, 1.807) is 7.11 Å². The van der Waals surface area contributed by atoms with E-state index in [0.717, 1.165) is 26.1 Å². The van der Waals surface area contributed by atoms with Crippen molar-refractivity contribution in [1.82, 2.24) is 10.3 Å². The van der Waals surface area contributed by atoms with Crippen LogP contribution >= 0.6 is 0 Å². The van der Waals surface area contributed by atoms with Gasteiger partial charge < -0.3 is 10.1 Å². The maximum absolute atomic E-state index is 5.00. The summed E-state index contributed by atoms with van der Waals surface area (Å²) in [7, 11) is 1.72. The summed E-state index contributed by atoms with van der Waals surface area (Å²) in [4.78, 5) is 4.23. The third-order valence-corrected chi connectivity index (χ3v) is 3.36. The first-order chi connectivity index (χ1) is 9.83. The van der Waals surface area contributed by atoms with Crippen molar-refractivity contribution in [3.63, 3.8) is 0 Å². The van der Waals surface area contributed by atoms with Gasteiger partial charge in [0.05, 0.1) is 6.61 Å². The lowest BCUT2D eigenvalue weighted by molar-refractivity contribution is 0.199. The van der Waals surface area contributed by atoms with Crippen molar-refractivity contribution in [2.24, 2.45) is 0 Å². The Kier molecular flexibility index (Phi) is 5.71. The highest BCUT2D eigenvalue weighted by Gasteiger charge is 2.01. The molecule has 0 aliphatic carbocycles. The minimum atomic E-state index is 0.762. The second-order valence-electron chi connectivity index (χ2n) is 4.82. The molecule has 1 aromatic carbocycles. The van der Waals surface area contributed by atoms with Gasteiger partial charge in [-0.2, -0.15) is 0 Å². The average Bonchev–Trinajstić information content (AvgIpc) is 2.50. The number of nitrogens with zero attached hydrogens (tertiary/aromatic N) is 1. The number of nitrogens with one attached hydrogen (secondary N) is 1. The van der Waals surface area contributed by atoms with E-state index < -0.39 is 0 Å². The van der Waals surface area contributed by atoms with Gasteiger partial charge in [-0.25, -0.2) is 0 Å². The number of ether oxygens (including phenoxy) is 1. The summed E-state index contributed by atoms with van der Waals surface area (Å²) in [6.45, 7) is 4.81. The number of methoxy groups -OCH3 is 1. The van der Waals surface area contributed by atoms with Gasteiger partial charge in [0.15, 0.2) is 0 Å². The highest BCUT2D eigenvalue weighted by Crippen LogP contribution is 2.24. The number of hydrogen-bond donors (Lipinski definition) is 1. The first kappa shape index (κ1) is 14.7. The molecule has 2 aromatic rings. The molecule has 1 aromatic heterocycles. The second kappa shape index (κ2) is 7.78. The molecular formula is C17H22N2O. The molecular weight excluding hydrogens is 248 g/mol. The number of hydrogen-bond acceptors (Lipinski definition) is 3. The molecule has 0 aliphatic heterocycles. The van der Waals surface area contributed by atoms with Gasteiger partial charge in [-0.05, 0) is 42.5 Å². The molecule has 2 rings (SSSR count). The van der Waals surface area contributed by atoms with Gasteiger partial charge in [-0.15, -0.1) is 0 Å². The molecule has 3 nitrogen and oxygen atoms in total. The van der Waals surface area contributed by atoms with Crippen molar-refractivity contribution in [3.05, 3.63) is 48.3 Å². The predicted octanol–water partition coefficient (Wildman–Crippen LogP) is 3.26. The molecule has 0 fully saturated rings. The van der Waals surface area contributed by atoms with Gasteiger partial charge in [-0.3, -0.25) is 4.98 Å². The number of allylic oxidation sites excluding steroid dienone is 1. The smallest absolute Gasteiger partial charge is 0.0587 e. The molecule has 0 radical (unpaired) electrons. The molecule has 1 heterocycles. The van der Waals surface area contributed by atoms with E-state index in [9.17, 15) is 0 Å². The Labute approximate surface area is 120 Å². The highest BCUT2D eigenvalue weighted by atomic mass is 16.5. The first-order valence-electron chi connectivity index (χ1n) is 7.02. The van der Waals surface area contributed by atoms with Gasteiger partial charge in [0.25, 0.3) is 0 Å². The molecule has 0 atom stereocenters. The lowest BCUT2D eigenvalue weighted by atomic mass is 10.00. The van der Waals surface area contributed by atoms with Crippen LogP contribution < -0.4 is 5.32 Å². The summed E-state index contributed by atoms with van der Waals surface area (Å²) in [6.07, 6.45) is 7.08. The molecule has 1 N–H and O–H groups in total. The van der Waals surface area contributed by atoms with Crippen molar-refractivity contribution in [3.8, 4) is 0 Å². The highest BCUT2D eigenvalue weighted by molar-refractivity contribution is 5.92. The molecule has 0 saturated carbocycles. The number of fused-ring (bicyclic) bond motifs is 1. The molecule has 0 aliphatic rings. The van der Waals surface area contributed by atoms with Gasteiger partial charge in [0, 0.05) is 31.4 Å². The van der Waals surface area contributed by atoms with E-state index in [2.05, 4.69) is 47.6 Å². The lowest BCUT2D eigenvalue weighted by Gasteiger charge is -2.07. The summed E-state index contributed by atoms with van der Waals surface area (Å²) in [6, 6.07) is 8.44. The van der Waals surface area contributed by atoms with Crippen LogP contribution in [0.1, 0.15) is 18.9 Å². The van der Waals surface area contributed by atoms with Crippen LogP contribution in [0.2, 0.25) is 0 Å². The van der Waals surface area contributed by atoms with E-state index in [0.29, 0.717) is 0 Å². The lowest BCUT2D eigenvalue weighted by Crippen LogP contribution is -2.19. The largest absolute Gasteiger partial charge is 0.383 e. The zero-order chi connectivity index (χ0) is 14.2. The summed E-state index contributed by atoms with van der Waals surface area (Å²) < 4.78 is 5.00. The number of aromatic nitrogens is 1. The fourth-order valence-corrected chi connectivity index (χ4v) is 2.26. The van der Waals surface area contributed by atoms with Crippen molar-refractivity contribution >= 4 is 16.3 Å². The van der Waals surface area contributed by atoms with Gasteiger partial charge in [0.1, 0.15) is 0 Å². The Morgan fingerprint density at radius 3 is 3.05 bits per heavy atom. The summed E-state index contributed by atoms with van der Waals surface area (Å²) in [5, 5.41) is 5.81. The zero-order valence-electron chi connectivity index (χ0n) is 12.2. The van der Waals surface area contributed by atoms with Crippen LogP contribution in [0.5, 0.6) is 0 Å². The minimum absolute atomic E-state index is 0.762. The van der Waals surface area contributed by atoms with E-state index in [4.69, 9.17) is 4.74 Å². The Morgan fingerprint density at radius 2 is 2.20 bits per heavy atom. The maximum Gasteiger partial charge on any atom is 0.0587 e. The van der Waals surface area contributed by atoms with Crippen LogP contribution in [0.4, 0.5) is 0 Å². The number of pyridine rings is 1. The molecule has 0 spiro atoms. The van der Waals surface area contributed by atoms with Crippen LogP contribution in [0.3, 0.4) is 0 Å². The van der Waals surface area contributed by atoms with Crippen molar-refractivity contribution < 1.29 is 4.74 Å². The van der Waals surface area contributed by atoms with Gasteiger partial charge in [-0.1, -0.05) is 24.3 Å². The maximum atomic E-state index is 5.00. The Morgan fingerprint density at radius 1 is 1.30 bits per heavy atom.